The molecule has 8 nitrogen and oxygen atoms in total. The summed E-state index contributed by atoms with van der Waals surface area (Å²) in [5, 5.41) is 18.9. The van der Waals surface area contributed by atoms with Gasteiger partial charge in [0.2, 0.25) is 6.73 Å². The Labute approximate surface area is 74.3 Å². The molecule has 0 amide bonds. The van der Waals surface area contributed by atoms with E-state index < -0.39 is 16.8 Å². The van der Waals surface area contributed by atoms with Gasteiger partial charge in [-0.15, -0.1) is 15.1 Å². The largest absolute Gasteiger partial charge is 0.296 e. The van der Waals surface area contributed by atoms with Gasteiger partial charge >= 0.3 is 0 Å². The Morgan fingerprint density at radius 3 is 2.38 bits per heavy atom. The van der Waals surface area contributed by atoms with Gasteiger partial charge in [-0.2, -0.15) is 0 Å². The van der Waals surface area contributed by atoms with Gasteiger partial charge in [-0.1, -0.05) is 13.3 Å². The maximum Gasteiger partial charge on any atom is 0.296 e. The van der Waals surface area contributed by atoms with Crippen molar-refractivity contribution in [1.82, 2.24) is 5.01 Å². The highest BCUT2D eigenvalue weighted by molar-refractivity contribution is 4.38. The van der Waals surface area contributed by atoms with E-state index in [1.165, 1.54) is 0 Å². The average molecular weight is 193 g/mol. The van der Waals surface area contributed by atoms with Gasteiger partial charge in [-0.25, -0.2) is 10.1 Å². The summed E-state index contributed by atoms with van der Waals surface area (Å²) in [7, 11) is 0. The van der Waals surface area contributed by atoms with Crippen LogP contribution in [-0.2, 0) is 4.84 Å². The van der Waals surface area contributed by atoms with Gasteiger partial charge < -0.3 is 0 Å². The van der Waals surface area contributed by atoms with Crippen LogP contribution in [0.1, 0.15) is 19.8 Å². The summed E-state index contributed by atoms with van der Waals surface area (Å²) in [6.45, 7) is 1.39. The Morgan fingerprint density at radius 2 is 2.00 bits per heavy atom. The van der Waals surface area contributed by atoms with Crippen LogP contribution >= 0.6 is 0 Å². The Morgan fingerprint density at radius 1 is 1.38 bits per heavy atom. The zero-order chi connectivity index (χ0) is 10.3. The molecule has 0 radical (unpaired) electrons. The molecule has 13 heavy (non-hydrogen) atoms. The molecule has 0 aromatic rings. The first-order chi connectivity index (χ1) is 6.07. The van der Waals surface area contributed by atoms with E-state index >= 15 is 0 Å². The molecule has 0 fully saturated rings. The molecule has 8 heteroatoms. The molecule has 0 aliphatic heterocycles. The van der Waals surface area contributed by atoms with Crippen LogP contribution in [0.25, 0.3) is 0 Å². The smallest absolute Gasteiger partial charge is 0.286 e. The Balaban J connectivity index is 3.80. The number of unbranched alkanes of at least 4 members (excludes halogenated alkanes) is 1. The fraction of sp³-hybridized carbons (Fsp3) is 1.00. The lowest BCUT2D eigenvalue weighted by Gasteiger charge is -2.11. The highest BCUT2D eigenvalue weighted by atomic mass is 17.0. The van der Waals surface area contributed by atoms with Crippen LogP contribution in [0.2, 0.25) is 0 Å². The zero-order valence-electron chi connectivity index (χ0n) is 7.21. The first kappa shape index (κ1) is 11.4. The summed E-state index contributed by atoms with van der Waals surface area (Å²) >= 11 is 0. The maximum atomic E-state index is 10.2. The molecular weight excluding hydrogens is 182 g/mol. The molecular formula is C5H11N3O5. The van der Waals surface area contributed by atoms with Crippen molar-refractivity contribution in [3.8, 4) is 0 Å². The quantitative estimate of drug-likeness (QED) is 0.330. The molecule has 0 rings (SSSR count). The predicted molar refractivity (Wildman–Crippen MR) is 41.6 cm³/mol. The van der Waals surface area contributed by atoms with E-state index in [9.17, 15) is 20.2 Å². The highest BCUT2D eigenvalue weighted by Crippen LogP contribution is 1.95. The second kappa shape index (κ2) is 5.98. The first-order valence-electron chi connectivity index (χ1n) is 3.74. The van der Waals surface area contributed by atoms with E-state index in [0.717, 1.165) is 6.42 Å². The lowest BCUT2D eigenvalue weighted by atomic mass is 10.3. The summed E-state index contributed by atoms with van der Waals surface area (Å²) in [6, 6.07) is 0. The van der Waals surface area contributed by atoms with Crippen molar-refractivity contribution in [3.05, 3.63) is 20.2 Å². The van der Waals surface area contributed by atoms with Gasteiger partial charge in [-0.05, 0) is 6.42 Å². The third-order valence-corrected chi connectivity index (χ3v) is 1.31. The van der Waals surface area contributed by atoms with Crippen molar-refractivity contribution < 1.29 is 15.0 Å². The van der Waals surface area contributed by atoms with Gasteiger partial charge in [0.1, 0.15) is 0 Å². The third-order valence-electron chi connectivity index (χ3n) is 1.31. The van der Waals surface area contributed by atoms with Gasteiger partial charge in [0, 0.05) is 0 Å². The lowest BCUT2D eigenvalue weighted by Crippen LogP contribution is -2.34. The predicted octanol–water partition coefficient (Wildman–Crippen LogP) is 0.446. The van der Waals surface area contributed by atoms with Gasteiger partial charge in [-0.3, -0.25) is 4.84 Å². The van der Waals surface area contributed by atoms with Crippen molar-refractivity contribution in [2.24, 2.45) is 0 Å². The number of hydrogen-bond donors (Lipinski definition) is 0. The topological polar surface area (TPSA) is 98.8 Å². The minimum absolute atomic E-state index is 0.150. The molecule has 0 saturated heterocycles. The summed E-state index contributed by atoms with van der Waals surface area (Å²) in [5.41, 5.74) is 0. The van der Waals surface area contributed by atoms with Crippen LogP contribution in [0.15, 0.2) is 0 Å². The van der Waals surface area contributed by atoms with Crippen LogP contribution in [0, 0.1) is 20.2 Å². The Kier molecular flexibility index (Phi) is 5.24. The molecule has 0 aliphatic carbocycles. The normalized spacial score (nSPS) is 9.31. The van der Waals surface area contributed by atoms with Crippen LogP contribution in [0.5, 0.6) is 0 Å². The van der Waals surface area contributed by atoms with Crippen molar-refractivity contribution in [1.29, 1.82) is 0 Å². The number of hydrogen-bond acceptors (Lipinski definition) is 5. The SMILES string of the molecule is CCCCN(CO[N+](=O)[O-])[N+](=O)[O-]. The zero-order valence-corrected chi connectivity index (χ0v) is 7.21. The number of nitro groups is 1. The highest BCUT2D eigenvalue weighted by Gasteiger charge is 2.14. The molecule has 0 aromatic heterocycles. The molecule has 76 valence electrons. The summed E-state index contributed by atoms with van der Waals surface area (Å²) in [5.74, 6) is 0. The van der Waals surface area contributed by atoms with E-state index in [-0.39, 0.29) is 6.54 Å². The second-order valence-electron chi connectivity index (χ2n) is 2.30. The molecule has 0 saturated carbocycles. The average Bonchev–Trinajstić information content (AvgIpc) is 2.03. The van der Waals surface area contributed by atoms with Crippen molar-refractivity contribution in [2.75, 3.05) is 13.3 Å². The fourth-order valence-corrected chi connectivity index (χ4v) is 0.648. The number of hydrazine groups is 1. The van der Waals surface area contributed by atoms with E-state index in [1.807, 2.05) is 6.92 Å². The van der Waals surface area contributed by atoms with Gasteiger partial charge in [0.15, 0.2) is 5.03 Å². The van der Waals surface area contributed by atoms with Crippen LogP contribution in [0.4, 0.5) is 0 Å². The first-order valence-corrected chi connectivity index (χ1v) is 3.74. The fourth-order valence-electron chi connectivity index (χ4n) is 0.648. The van der Waals surface area contributed by atoms with Crippen molar-refractivity contribution in [2.45, 2.75) is 19.8 Å². The standard InChI is InChI=1S/C5H11N3O5/c1-2-3-4-6(7(9)10)5-13-8(11)12/h2-5H2,1H3. The minimum atomic E-state index is -1.05. The summed E-state index contributed by atoms with van der Waals surface area (Å²) in [4.78, 5) is 23.8. The van der Waals surface area contributed by atoms with E-state index in [2.05, 4.69) is 4.84 Å². The van der Waals surface area contributed by atoms with Crippen LogP contribution in [0.3, 0.4) is 0 Å². The molecule has 0 bridgehead atoms. The lowest BCUT2D eigenvalue weighted by molar-refractivity contribution is -0.788. The molecule has 0 heterocycles. The van der Waals surface area contributed by atoms with E-state index in [4.69, 9.17) is 0 Å². The van der Waals surface area contributed by atoms with Gasteiger partial charge in [0.05, 0.1) is 6.54 Å². The number of rotatable bonds is 7. The third kappa shape index (κ3) is 5.65. The van der Waals surface area contributed by atoms with Crippen molar-refractivity contribution in [3.63, 3.8) is 0 Å². The van der Waals surface area contributed by atoms with E-state index in [1.54, 1.807) is 0 Å². The van der Waals surface area contributed by atoms with Crippen LogP contribution in [-0.4, -0.2) is 28.4 Å². The summed E-state index contributed by atoms with van der Waals surface area (Å²) < 4.78 is 0. The molecule has 0 aromatic carbocycles. The second-order valence-corrected chi connectivity index (χ2v) is 2.30. The maximum absolute atomic E-state index is 10.2. The molecule has 0 spiro atoms. The Hall–Kier alpha value is -1.60. The molecule has 0 N–H and O–H groups in total. The molecule has 0 atom stereocenters. The molecule has 0 unspecified atom stereocenters. The molecule has 0 aliphatic rings. The summed E-state index contributed by atoms with van der Waals surface area (Å²) in [6.07, 6.45) is 1.38. The van der Waals surface area contributed by atoms with E-state index in [0.29, 0.717) is 11.4 Å². The van der Waals surface area contributed by atoms with Crippen LogP contribution < -0.4 is 0 Å². The van der Waals surface area contributed by atoms with Crippen molar-refractivity contribution >= 4 is 0 Å². The van der Waals surface area contributed by atoms with Gasteiger partial charge in [0.25, 0.3) is 5.09 Å². The monoisotopic (exact) mass is 193 g/mol. The Bertz CT molecular complexity index is 185. The number of nitrogens with zero attached hydrogens (tertiary/aromatic N) is 3. The minimum Gasteiger partial charge on any atom is -0.286 e.